The van der Waals surface area contributed by atoms with Crippen LogP contribution in [0.25, 0.3) is 11.3 Å². The van der Waals surface area contributed by atoms with E-state index in [2.05, 4.69) is 24.2 Å². The maximum absolute atomic E-state index is 5.72. The summed E-state index contributed by atoms with van der Waals surface area (Å²) in [5, 5.41) is 8.29. The summed E-state index contributed by atoms with van der Waals surface area (Å²) >= 11 is 0. The Morgan fingerprint density at radius 3 is 2.44 bits per heavy atom. The highest BCUT2D eigenvalue weighted by molar-refractivity contribution is 5.63. The molecule has 5 heteroatoms. The lowest BCUT2D eigenvalue weighted by Gasteiger charge is -2.11. The SMILES string of the molecule is COc1ccc(-c2c(CN)nnn2C(C)C)cc1. The molecule has 2 aromatic rings. The van der Waals surface area contributed by atoms with Crippen molar-refractivity contribution in [3.05, 3.63) is 30.0 Å². The Morgan fingerprint density at radius 1 is 1.28 bits per heavy atom. The highest BCUT2D eigenvalue weighted by Gasteiger charge is 2.15. The topological polar surface area (TPSA) is 66.0 Å². The van der Waals surface area contributed by atoms with Crippen LogP contribution in [0.2, 0.25) is 0 Å². The van der Waals surface area contributed by atoms with Crippen LogP contribution in [0, 0.1) is 0 Å². The molecule has 0 aliphatic heterocycles. The molecule has 1 aromatic heterocycles. The number of rotatable bonds is 4. The first kappa shape index (κ1) is 12.6. The zero-order chi connectivity index (χ0) is 13.1. The Morgan fingerprint density at radius 2 is 1.94 bits per heavy atom. The molecule has 18 heavy (non-hydrogen) atoms. The van der Waals surface area contributed by atoms with Crippen LogP contribution in [0.4, 0.5) is 0 Å². The van der Waals surface area contributed by atoms with Gasteiger partial charge in [0, 0.05) is 18.2 Å². The predicted octanol–water partition coefficient (Wildman–Crippen LogP) is 1.99. The largest absolute Gasteiger partial charge is 0.497 e. The highest BCUT2D eigenvalue weighted by Crippen LogP contribution is 2.26. The highest BCUT2D eigenvalue weighted by atomic mass is 16.5. The fraction of sp³-hybridized carbons (Fsp3) is 0.385. The van der Waals surface area contributed by atoms with Crippen LogP contribution < -0.4 is 10.5 Å². The predicted molar refractivity (Wildman–Crippen MR) is 70.3 cm³/mol. The average molecular weight is 246 g/mol. The first-order chi connectivity index (χ1) is 8.67. The Bertz CT molecular complexity index is 516. The van der Waals surface area contributed by atoms with Gasteiger partial charge in [0.05, 0.1) is 12.8 Å². The van der Waals surface area contributed by atoms with E-state index in [4.69, 9.17) is 10.5 Å². The van der Waals surface area contributed by atoms with Crippen molar-refractivity contribution in [2.24, 2.45) is 5.73 Å². The van der Waals surface area contributed by atoms with Crippen molar-refractivity contribution in [2.75, 3.05) is 7.11 Å². The fourth-order valence-corrected chi connectivity index (χ4v) is 1.87. The lowest BCUT2D eigenvalue weighted by Crippen LogP contribution is -2.06. The van der Waals surface area contributed by atoms with E-state index in [1.165, 1.54) is 0 Å². The third kappa shape index (κ3) is 2.22. The minimum absolute atomic E-state index is 0.245. The van der Waals surface area contributed by atoms with Crippen molar-refractivity contribution in [2.45, 2.75) is 26.4 Å². The quantitative estimate of drug-likeness (QED) is 0.896. The van der Waals surface area contributed by atoms with Gasteiger partial charge in [0.2, 0.25) is 0 Å². The van der Waals surface area contributed by atoms with Gasteiger partial charge in [0.15, 0.2) is 0 Å². The van der Waals surface area contributed by atoms with Crippen LogP contribution >= 0.6 is 0 Å². The van der Waals surface area contributed by atoms with E-state index < -0.39 is 0 Å². The molecule has 0 amide bonds. The Labute approximate surface area is 107 Å². The van der Waals surface area contributed by atoms with Crippen molar-refractivity contribution in [3.8, 4) is 17.0 Å². The second-order valence-electron chi connectivity index (χ2n) is 4.36. The summed E-state index contributed by atoms with van der Waals surface area (Å²) in [4.78, 5) is 0. The van der Waals surface area contributed by atoms with Crippen LogP contribution in [0.5, 0.6) is 5.75 Å². The Hall–Kier alpha value is -1.88. The van der Waals surface area contributed by atoms with Crippen LogP contribution in [0.3, 0.4) is 0 Å². The van der Waals surface area contributed by atoms with Gasteiger partial charge >= 0.3 is 0 Å². The molecular weight excluding hydrogens is 228 g/mol. The normalized spacial score (nSPS) is 10.9. The van der Waals surface area contributed by atoms with Gasteiger partial charge in [-0.3, -0.25) is 0 Å². The maximum atomic E-state index is 5.72. The summed E-state index contributed by atoms with van der Waals surface area (Å²) in [6.07, 6.45) is 0. The molecule has 0 saturated carbocycles. The standard InChI is InChI=1S/C13H18N4O/c1-9(2)17-13(12(8-14)15-16-17)10-4-6-11(18-3)7-5-10/h4-7,9H,8,14H2,1-3H3. The van der Waals surface area contributed by atoms with Crippen molar-refractivity contribution in [1.82, 2.24) is 15.0 Å². The molecule has 2 rings (SSSR count). The lowest BCUT2D eigenvalue weighted by molar-refractivity contribution is 0.415. The third-order valence-electron chi connectivity index (χ3n) is 2.81. The molecule has 96 valence electrons. The van der Waals surface area contributed by atoms with E-state index in [1.54, 1.807) is 7.11 Å². The van der Waals surface area contributed by atoms with E-state index >= 15 is 0 Å². The van der Waals surface area contributed by atoms with Gasteiger partial charge in [-0.15, -0.1) is 5.10 Å². The molecular formula is C13H18N4O. The van der Waals surface area contributed by atoms with Crippen molar-refractivity contribution in [1.29, 1.82) is 0 Å². The Kier molecular flexibility index (Phi) is 3.62. The van der Waals surface area contributed by atoms with Crippen LogP contribution in [-0.4, -0.2) is 22.1 Å². The summed E-state index contributed by atoms with van der Waals surface area (Å²) in [6, 6.07) is 8.08. The van der Waals surface area contributed by atoms with E-state index in [0.29, 0.717) is 6.54 Å². The average Bonchev–Trinajstić information content (AvgIpc) is 2.82. The monoisotopic (exact) mass is 246 g/mol. The van der Waals surface area contributed by atoms with Crippen molar-refractivity contribution in [3.63, 3.8) is 0 Å². The summed E-state index contributed by atoms with van der Waals surface area (Å²) in [5.74, 6) is 0.830. The molecule has 1 aromatic carbocycles. The molecule has 0 aliphatic carbocycles. The number of methoxy groups -OCH3 is 1. The number of hydrogen-bond donors (Lipinski definition) is 1. The van der Waals surface area contributed by atoms with Gasteiger partial charge in [0.1, 0.15) is 11.4 Å². The summed E-state index contributed by atoms with van der Waals surface area (Å²) in [7, 11) is 1.65. The molecule has 0 saturated heterocycles. The van der Waals surface area contributed by atoms with Crippen LogP contribution in [0.15, 0.2) is 24.3 Å². The van der Waals surface area contributed by atoms with Gasteiger partial charge < -0.3 is 10.5 Å². The van der Waals surface area contributed by atoms with Crippen LogP contribution in [-0.2, 0) is 6.54 Å². The smallest absolute Gasteiger partial charge is 0.118 e. The Balaban J connectivity index is 2.50. The molecule has 2 N–H and O–H groups in total. The molecule has 0 atom stereocenters. The van der Waals surface area contributed by atoms with Crippen LogP contribution in [0.1, 0.15) is 25.6 Å². The minimum atomic E-state index is 0.245. The second-order valence-corrected chi connectivity index (χ2v) is 4.36. The molecule has 0 fully saturated rings. The number of aromatic nitrogens is 3. The van der Waals surface area contributed by atoms with Gasteiger partial charge in [0.25, 0.3) is 0 Å². The van der Waals surface area contributed by atoms with E-state index in [-0.39, 0.29) is 6.04 Å². The number of nitrogens with zero attached hydrogens (tertiary/aromatic N) is 3. The van der Waals surface area contributed by atoms with Gasteiger partial charge in [-0.2, -0.15) is 0 Å². The molecule has 0 unspecified atom stereocenters. The molecule has 5 nitrogen and oxygen atoms in total. The molecule has 0 bridgehead atoms. The van der Waals surface area contributed by atoms with Gasteiger partial charge in [-0.1, -0.05) is 5.21 Å². The molecule has 0 spiro atoms. The van der Waals surface area contributed by atoms with Gasteiger partial charge in [-0.05, 0) is 38.1 Å². The lowest BCUT2D eigenvalue weighted by atomic mass is 10.1. The van der Waals surface area contributed by atoms with E-state index in [1.807, 2.05) is 28.9 Å². The van der Waals surface area contributed by atoms with Crippen molar-refractivity contribution < 1.29 is 4.74 Å². The zero-order valence-corrected chi connectivity index (χ0v) is 10.9. The first-order valence-corrected chi connectivity index (χ1v) is 5.96. The number of benzene rings is 1. The number of nitrogens with two attached hydrogens (primary N) is 1. The fourth-order valence-electron chi connectivity index (χ4n) is 1.87. The molecule has 1 heterocycles. The minimum Gasteiger partial charge on any atom is -0.497 e. The summed E-state index contributed by atoms with van der Waals surface area (Å²) in [5.41, 5.74) is 8.56. The summed E-state index contributed by atoms with van der Waals surface area (Å²) < 4.78 is 7.05. The van der Waals surface area contributed by atoms with Crippen molar-refractivity contribution >= 4 is 0 Å². The molecule has 0 radical (unpaired) electrons. The van der Waals surface area contributed by atoms with E-state index in [9.17, 15) is 0 Å². The number of hydrogen-bond acceptors (Lipinski definition) is 4. The third-order valence-corrected chi connectivity index (χ3v) is 2.81. The second kappa shape index (κ2) is 5.18. The maximum Gasteiger partial charge on any atom is 0.118 e. The zero-order valence-electron chi connectivity index (χ0n) is 10.9. The summed E-state index contributed by atoms with van der Waals surface area (Å²) in [6.45, 7) is 4.53. The van der Waals surface area contributed by atoms with Gasteiger partial charge in [-0.25, -0.2) is 4.68 Å². The number of ether oxygens (including phenoxy) is 1. The molecule has 0 aliphatic rings. The van der Waals surface area contributed by atoms with E-state index in [0.717, 1.165) is 22.7 Å². The first-order valence-electron chi connectivity index (χ1n) is 5.96.